The second kappa shape index (κ2) is 6.44. The highest BCUT2D eigenvalue weighted by Gasteiger charge is 2.06. The van der Waals surface area contributed by atoms with Crippen molar-refractivity contribution < 1.29 is 0 Å². The zero-order chi connectivity index (χ0) is 9.56. The molecule has 0 aromatic carbocycles. The first-order chi connectivity index (χ1) is 5.60. The normalized spacial score (nSPS) is 12.0. The molecular formula is C10H24N2. The Bertz CT molecular complexity index is 92.0. The molecule has 0 atom stereocenters. The third-order valence-electron chi connectivity index (χ3n) is 2.33. The lowest BCUT2D eigenvalue weighted by molar-refractivity contribution is 0.236. The van der Waals surface area contributed by atoms with Crippen molar-refractivity contribution in [2.45, 2.75) is 20.8 Å². The van der Waals surface area contributed by atoms with Gasteiger partial charge in [-0.1, -0.05) is 20.8 Å². The molecule has 2 nitrogen and oxygen atoms in total. The van der Waals surface area contributed by atoms with E-state index in [9.17, 15) is 0 Å². The van der Waals surface area contributed by atoms with E-state index in [-0.39, 0.29) is 0 Å². The SMILES string of the molecule is CCN(C)CC(C)CN(C)CC. The minimum absolute atomic E-state index is 0.778. The van der Waals surface area contributed by atoms with Gasteiger partial charge >= 0.3 is 0 Å². The average molecular weight is 172 g/mol. The molecule has 0 aliphatic carbocycles. The molecule has 12 heavy (non-hydrogen) atoms. The Hall–Kier alpha value is -0.0800. The van der Waals surface area contributed by atoms with E-state index < -0.39 is 0 Å². The third-order valence-corrected chi connectivity index (χ3v) is 2.33. The van der Waals surface area contributed by atoms with Crippen LogP contribution < -0.4 is 0 Å². The van der Waals surface area contributed by atoms with Gasteiger partial charge in [-0.3, -0.25) is 0 Å². The Morgan fingerprint density at radius 2 is 1.25 bits per heavy atom. The maximum absolute atomic E-state index is 2.37. The number of hydrogen-bond acceptors (Lipinski definition) is 2. The lowest BCUT2D eigenvalue weighted by Crippen LogP contribution is -2.32. The lowest BCUT2D eigenvalue weighted by atomic mass is 10.1. The smallest absolute Gasteiger partial charge is 0.00161 e. The van der Waals surface area contributed by atoms with Crippen LogP contribution in [0.3, 0.4) is 0 Å². The Labute approximate surface area is 77.5 Å². The van der Waals surface area contributed by atoms with Gasteiger partial charge in [0.15, 0.2) is 0 Å². The van der Waals surface area contributed by atoms with E-state index in [4.69, 9.17) is 0 Å². The molecule has 0 amide bonds. The van der Waals surface area contributed by atoms with E-state index in [1.165, 1.54) is 13.1 Å². The summed E-state index contributed by atoms with van der Waals surface area (Å²) in [4.78, 5) is 4.74. The maximum atomic E-state index is 2.37. The quantitative estimate of drug-likeness (QED) is 0.599. The molecule has 2 heteroatoms. The van der Waals surface area contributed by atoms with Crippen molar-refractivity contribution in [1.82, 2.24) is 9.80 Å². The fourth-order valence-electron chi connectivity index (χ4n) is 1.38. The Kier molecular flexibility index (Phi) is 6.39. The predicted molar refractivity (Wildman–Crippen MR) is 55.5 cm³/mol. The fraction of sp³-hybridized carbons (Fsp3) is 1.00. The molecule has 0 spiro atoms. The summed E-state index contributed by atoms with van der Waals surface area (Å²) in [5.41, 5.74) is 0. The van der Waals surface area contributed by atoms with Crippen LogP contribution in [0.25, 0.3) is 0 Å². The molecule has 0 unspecified atom stereocenters. The van der Waals surface area contributed by atoms with Crippen LogP contribution in [0.4, 0.5) is 0 Å². The minimum Gasteiger partial charge on any atom is -0.306 e. The molecule has 0 saturated carbocycles. The standard InChI is InChI=1S/C10H24N2/c1-6-11(4)8-10(3)9-12(5)7-2/h10H,6-9H2,1-5H3. The summed E-state index contributed by atoms with van der Waals surface area (Å²) in [6.07, 6.45) is 0. The Morgan fingerprint density at radius 3 is 1.50 bits per heavy atom. The maximum Gasteiger partial charge on any atom is 0.00161 e. The van der Waals surface area contributed by atoms with Gasteiger partial charge in [0.25, 0.3) is 0 Å². The van der Waals surface area contributed by atoms with Crippen molar-refractivity contribution in [3.63, 3.8) is 0 Å². The van der Waals surface area contributed by atoms with Gasteiger partial charge in [-0.2, -0.15) is 0 Å². The number of rotatable bonds is 6. The van der Waals surface area contributed by atoms with Crippen LogP contribution in [-0.2, 0) is 0 Å². The summed E-state index contributed by atoms with van der Waals surface area (Å²) in [7, 11) is 4.37. The highest BCUT2D eigenvalue weighted by Crippen LogP contribution is 1.99. The summed E-state index contributed by atoms with van der Waals surface area (Å²) in [6.45, 7) is 11.5. The van der Waals surface area contributed by atoms with E-state index >= 15 is 0 Å². The molecule has 0 N–H and O–H groups in total. The molecule has 0 heterocycles. The van der Waals surface area contributed by atoms with Crippen molar-refractivity contribution in [1.29, 1.82) is 0 Å². The van der Waals surface area contributed by atoms with Gasteiger partial charge in [-0.05, 0) is 33.1 Å². The van der Waals surface area contributed by atoms with Crippen LogP contribution >= 0.6 is 0 Å². The van der Waals surface area contributed by atoms with E-state index in [0.29, 0.717) is 0 Å². The van der Waals surface area contributed by atoms with Crippen molar-refractivity contribution in [3.05, 3.63) is 0 Å². The molecule has 0 saturated heterocycles. The molecular weight excluding hydrogens is 148 g/mol. The summed E-state index contributed by atoms with van der Waals surface area (Å²) >= 11 is 0. The van der Waals surface area contributed by atoms with Gasteiger partial charge in [-0.25, -0.2) is 0 Å². The summed E-state index contributed by atoms with van der Waals surface area (Å²) in [5, 5.41) is 0. The van der Waals surface area contributed by atoms with Gasteiger partial charge in [0.2, 0.25) is 0 Å². The third kappa shape index (κ3) is 5.56. The van der Waals surface area contributed by atoms with Crippen LogP contribution in [0.1, 0.15) is 20.8 Å². The van der Waals surface area contributed by atoms with Crippen molar-refractivity contribution in [2.75, 3.05) is 40.3 Å². The van der Waals surface area contributed by atoms with E-state index in [1.54, 1.807) is 0 Å². The number of hydrogen-bond donors (Lipinski definition) is 0. The molecule has 74 valence electrons. The van der Waals surface area contributed by atoms with Crippen LogP contribution in [0, 0.1) is 5.92 Å². The molecule has 0 radical (unpaired) electrons. The molecule has 0 aromatic rings. The highest BCUT2D eigenvalue weighted by molar-refractivity contribution is 4.61. The summed E-state index contributed by atoms with van der Waals surface area (Å²) in [5.74, 6) is 0.778. The molecule has 0 fully saturated rings. The van der Waals surface area contributed by atoms with E-state index in [1.807, 2.05) is 0 Å². The Balaban J connectivity index is 3.51. The highest BCUT2D eigenvalue weighted by atomic mass is 15.1. The van der Waals surface area contributed by atoms with Gasteiger partial charge in [0, 0.05) is 13.1 Å². The first-order valence-electron chi connectivity index (χ1n) is 4.97. The van der Waals surface area contributed by atoms with Crippen molar-refractivity contribution >= 4 is 0 Å². The zero-order valence-corrected chi connectivity index (χ0v) is 9.30. The second-order valence-corrected chi connectivity index (χ2v) is 3.81. The monoisotopic (exact) mass is 172 g/mol. The largest absolute Gasteiger partial charge is 0.306 e. The molecule has 0 bridgehead atoms. The van der Waals surface area contributed by atoms with E-state index in [0.717, 1.165) is 19.0 Å². The number of nitrogens with zero attached hydrogens (tertiary/aromatic N) is 2. The average Bonchev–Trinajstić information content (AvgIpc) is 2.03. The van der Waals surface area contributed by atoms with Crippen LogP contribution in [0.15, 0.2) is 0 Å². The first kappa shape index (κ1) is 11.9. The second-order valence-electron chi connectivity index (χ2n) is 3.81. The fourth-order valence-corrected chi connectivity index (χ4v) is 1.38. The van der Waals surface area contributed by atoms with Gasteiger partial charge in [0.1, 0.15) is 0 Å². The molecule has 0 aliphatic rings. The molecule has 0 aliphatic heterocycles. The summed E-state index contributed by atoms with van der Waals surface area (Å²) in [6, 6.07) is 0. The van der Waals surface area contributed by atoms with Gasteiger partial charge in [0.05, 0.1) is 0 Å². The Morgan fingerprint density at radius 1 is 0.917 bits per heavy atom. The predicted octanol–water partition coefficient (Wildman–Crippen LogP) is 1.53. The van der Waals surface area contributed by atoms with Crippen LogP contribution in [0.5, 0.6) is 0 Å². The van der Waals surface area contributed by atoms with Gasteiger partial charge < -0.3 is 9.80 Å². The van der Waals surface area contributed by atoms with Crippen LogP contribution in [-0.4, -0.2) is 50.1 Å². The molecule has 0 aromatic heterocycles. The topological polar surface area (TPSA) is 6.48 Å². The zero-order valence-electron chi connectivity index (χ0n) is 9.30. The van der Waals surface area contributed by atoms with Gasteiger partial charge in [-0.15, -0.1) is 0 Å². The summed E-state index contributed by atoms with van der Waals surface area (Å²) < 4.78 is 0. The minimum atomic E-state index is 0.778. The van der Waals surface area contributed by atoms with Crippen molar-refractivity contribution in [2.24, 2.45) is 5.92 Å². The lowest BCUT2D eigenvalue weighted by Gasteiger charge is -2.23. The van der Waals surface area contributed by atoms with E-state index in [2.05, 4.69) is 44.7 Å². The van der Waals surface area contributed by atoms with Crippen molar-refractivity contribution in [3.8, 4) is 0 Å². The molecule has 0 rings (SSSR count). The van der Waals surface area contributed by atoms with Crippen LogP contribution in [0.2, 0.25) is 0 Å². The first-order valence-corrected chi connectivity index (χ1v) is 4.97.